The molecule has 0 aromatic carbocycles. The summed E-state index contributed by atoms with van der Waals surface area (Å²) in [5.41, 5.74) is 0. The number of aliphatic hydroxyl groups is 6. The van der Waals surface area contributed by atoms with Gasteiger partial charge in [-0.1, -0.05) is 96.8 Å². The fourth-order valence-corrected chi connectivity index (χ4v) is 5.57. The van der Waals surface area contributed by atoms with E-state index in [1.807, 2.05) is 0 Å². The molecule has 2 aliphatic heterocycles. The van der Waals surface area contributed by atoms with Crippen molar-refractivity contribution >= 4 is 5.97 Å². The van der Waals surface area contributed by atoms with Gasteiger partial charge in [0.25, 0.3) is 0 Å². The van der Waals surface area contributed by atoms with Crippen LogP contribution in [-0.4, -0.2) is 105 Å². The van der Waals surface area contributed by atoms with Crippen molar-refractivity contribution in [2.75, 3.05) is 19.8 Å². The molecule has 0 aliphatic carbocycles. The molecule has 0 aromatic rings. The highest BCUT2D eigenvalue weighted by molar-refractivity contribution is 5.69. The third kappa shape index (κ3) is 12.3. The number of rotatable bonds is 22. The molecule has 2 heterocycles. The maximum atomic E-state index is 12.6. The number of carbonyl (C=O) groups excluding carboxylic acids is 1. The molecular weight excluding hydrogens is 536 g/mol. The van der Waals surface area contributed by atoms with Crippen LogP contribution in [0.3, 0.4) is 0 Å². The number of carbonyl (C=O) groups is 1. The van der Waals surface area contributed by atoms with Crippen LogP contribution in [0.25, 0.3) is 0 Å². The molecule has 11 heteroatoms. The van der Waals surface area contributed by atoms with Crippen LogP contribution in [0, 0.1) is 0 Å². The summed E-state index contributed by atoms with van der Waals surface area (Å²) < 4.78 is 22.3. The van der Waals surface area contributed by atoms with E-state index in [0.29, 0.717) is 6.42 Å². The standard InChI is InChI=1S/C30H56O11/c1-2-3-4-5-6-7-8-9-10-11-12-13-14-15-16-17-25(35)39-28-27(37)26(36)24(20-32)38-29(28)41-30(21-33)18-22(34)23(19-31)40-30/h22-24,26-29,31-34,36-37H,2-21H2,1H3/t22?,23-,24?,26-,27?,28?,29-,30-/m1/s1. The smallest absolute Gasteiger partial charge is 0.306 e. The number of hydrogen-bond acceptors (Lipinski definition) is 11. The number of esters is 1. The molecule has 0 amide bonds. The van der Waals surface area contributed by atoms with Gasteiger partial charge in [0.2, 0.25) is 6.29 Å². The first-order valence-electron chi connectivity index (χ1n) is 15.9. The second-order valence-electron chi connectivity index (χ2n) is 11.7. The van der Waals surface area contributed by atoms with Gasteiger partial charge in [-0.25, -0.2) is 0 Å². The van der Waals surface area contributed by atoms with Gasteiger partial charge >= 0.3 is 5.97 Å². The van der Waals surface area contributed by atoms with E-state index in [1.165, 1.54) is 70.6 Å². The van der Waals surface area contributed by atoms with Gasteiger partial charge in [0.05, 0.1) is 25.9 Å². The van der Waals surface area contributed by atoms with Gasteiger partial charge < -0.3 is 49.6 Å². The highest BCUT2D eigenvalue weighted by Gasteiger charge is 2.54. The molecule has 2 aliphatic rings. The Hall–Kier alpha value is -0.890. The Labute approximate surface area is 245 Å². The van der Waals surface area contributed by atoms with Crippen molar-refractivity contribution < 1.29 is 54.4 Å². The normalized spacial score (nSPS) is 31.9. The first kappa shape index (κ1) is 36.3. The number of ether oxygens (including phenoxy) is 4. The average Bonchev–Trinajstić information content (AvgIpc) is 3.30. The molecule has 41 heavy (non-hydrogen) atoms. The van der Waals surface area contributed by atoms with E-state index in [2.05, 4.69) is 6.92 Å². The molecule has 242 valence electrons. The maximum Gasteiger partial charge on any atom is 0.306 e. The third-order valence-electron chi connectivity index (χ3n) is 8.14. The Morgan fingerprint density at radius 2 is 1.27 bits per heavy atom. The first-order chi connectivity index (χ1) is 19.8. The van der Waals surface area contributed by atoms with Crippen molar-refractivity contribution in [2.45, 2.75) is 165 Å². The van der Waals surface area contributed by atoms with E-state index in [4.69, 9.17) is 18.9 Å². The summed E-state index contributed by atoms with van der Waals surface area (Å²) >= 11 is 0. The minimum atomic E-state index is -1.79. The van der Waals surface area contributed by atoms with Crippen molar-refractivity contribution in [3.8, 4) is 0 Å². The molecule has 0 radical (unpaired) electrons. The minimum absolute atomic E-state index is 0.112. The summed E-state index contributed by atoms with van der Waals surface area (Å²) in [6, 6.07) is 0. The highest BCUT2D eigenvalue weighted by atomic mass is 16.8. The highest BCUT2D eigenvalue weighted by Crippen LogP contribution is 2.36. The number of hydrogen-bond donors (Lipinski definition) is 6. The fraction of sp³-hybridized carbons (Fsp3) is 0.967. The summed E-state index contributed by atoms with van der Waals surface area (Å²) in [4.78, 5) is 12.6. The van der Waals surface area contributed by atoms with E-state index >= 15 is 0 Å². The maximum absolute atomic E-state index is 12.6. The van der Waals surface area contributed by atoms with Gasteiger partial charge in [0, 0.05) is 12.8 Å². The Bertz CT molecular complexity index is 695. The van der Waals surface area contributed by atoms with Crippen molar-refractivity contribution in [1.82, 2.24) is 0 Å². The van der Waals surface area contributed by atoms with Gasteiger partial charge in [-0.2, -0.15) is 0 Å². The van der Waals surface area contributed by atoms with Crippen molar-refractivity contribution in [3.63, 3.8) is 0 Å². The molecule has 4 unspecified atom stereocenters. The zero-order chi connectivity index (χ0) is 30.1. The molecule has 11 nitrogen and oxygen atoms in total. The van der Waals surface area contributed by atoms with Crippen LogP contribution in [-0.2, 0) is 23.7 Å². The lowest BCUT2D eigenvalue weighted by Gasteiger charge is -2.43. The lowest BCUT2D eigenvalue weighted by atomic mass is 9.98. The summed E-state index contributed by atoms with van der Waals surface area (Å²) in [7, 11) is 0. The van der Waals surface area contributed by atoms with Gasteiger partial charge in [0.15, 0.2) is 11.9 Å². The largest absolute Gasteiger partial charge is 0.454 e. The second kappa shape index (κ2) is 20.1. The predicted octanol–water partition coefficient (Wildman–Crippen LogP) is 2.45. The number of aliphatic hydroxyl groups excluding tert-OH is 6. The molecule has 2 saturated heterocycles. The zero-order valence-electron chi connectivity index (χ0n) is 24.9. The minimum Gasteiger partial charge on any atom is -0.454 e. The lowest BCUT2D eigenvalue weighted by molar-refractivity contribution is -0.372. The van der Waals surface area contributed by atoms with Crippen molar-refractivity contribution in [3.05, 3.63) is 0 Å². The first-order valence-corrected chi connectivity index (χ1v) is 15.9. The van der Waals surface area contributed by atoms with Crippen LogP contribution in [0.4, 0.5) is 0 Å². The van der Waals surface area contributed by atoms with E-state index in [0.717, 1.165) is 19.3 Å². The van der Waals surface area contributed by atoms with Crippen LogP contribution >= 0.6 is 0 Å². The van der Waals surface area contributed by atoms with E-state index in [-0.39, 0.29) is 12.8 Å². The van der Waals surface area contributed by atoms with Crippen LogP contribution in [0.15, 0.2) is 0 Å². The van der Waals surface area contributed by atoms with Gasteiger partial charge in [-0.05, 0) is 6.42 Å². The summed E-state index contributed by atoms with van der Waals surface area (Å²) in [5, 5.41) is 60.0. The van der Waals surface area contributed by atoms with E-state index in [1.54, 1.807) is 0 Å². The molecular formula is C30H56O11. The van der Waals surface area contributed by atoms with Crippen LogP contribution in [0.2, 0.25) is 0 Å². The Balaban J connectivity index is 1.69. The van der Waals surface area contributed by atoms with Crippen LogP contribution in [0.1, 0.15) is 116 Å². The predicted molar refractivity (Wildman–Crippen MR) is 151 cm³/mol. The summed E-state index contributed by atoms with van der Waals surface area (Å²) in [6.45, 7) is 0.359. The van der Waals surface area contributed by atoms with Gasteiger partial charge in [0.1, 0.15) is 24.4 Å². The summed E-state index contributed by atoms with van der Waals surface area (Å²) in [6.07, 6.45) is 8.43. The van der Waals surface area contributed by atoms with E-state index in [9.17, 15) is 35.4 Å². The van der Waals surface area contributed by atoms with Crippen molar-refractivity contribution in [1.29, 1.82) is 0 Å². The van der Waals surface area contributed by atoms with Gasteiger partial charge in [-0.3, -0.25) is 4.79 Å². The monoisotopic (exact) mass is 592 g/mol. The third-order valence-corrected chi connectivity index (χ3v) is 8.14. The molecule has 8 atom stereocenters. The Kier molecular flexibility index (Phi) is 17.8. The molecule has 0 bridgehead atoms. The quantitative estimate of drug-likeness (QED) is 0.0804. The van der Waals surface area contributed by atoms with Gasteiger partial charge in [-0.15, -0.1) is 0 Å². The average molecular weight is 593 g/mol. The van der Waals surface area contributed by atoms with E-state index < -0.39 is 74.5 Å². The molecule has 2 rings (SSSR count). The number of unbranched alkanes of at least 4 members (excludes halogenated alkanes) is 14. The van der Waals surface area contributed by atoms with Crippen LogP contribution < -0.4 is 0 Å². The van der Waals surface area contributed by atoms with Crippen molar-refractivity contribution in [2.24, 2.45) is 0 Å². The molecule has 6 N–H and O–H groups in total. The van der Waals surface area contributed by atoms with Crippen LogP contribution in [0.5, 0.6) is 0 Å². The fourth-order valence-electron chi connectivity index (χ4n) is 5.57. The zero-order valence-corrected chi connectivity index (χ0v) is 24.9. The molecule has 0 spiro atoms. The SMILES string of the molecule is CCCCCCCCCCCCCCCCCC(=O)OC1C(O)[C@H](O)C(CO)O[C@@H]1O[C@@]1(CO)CC(O)[C@@H](CO)O1. The molecule has 2 fully saturated rings. The Morgan fingerprint density at radius 3 is 1.73 bits per heavy atom. The Morgan fingerprint density at radius 1 is 0.756 bits per heavy atom. The lowest BCUT2D eigenvalue weighted by Crippen LogP contribution is -2.62. The topological polar surface area (TPSA) is 175 Å². The molecule has 0 aromatic heterocycles. The molecule has 0 saturated carbocycles. The second-order valence-corrected chi connectivity index (χ2v) is 11.7. The summed E-state index contributed by atoms with van der Waals surface area (Å²) in [5.74, 6) is -2.40.